The molecule has 170 valence electrons. The van der Waals surface area contributed by atoms with E-state index in [1.807, 2.05) is 0 Å². The van der Waals surface area contributed by atoms with Crippen molar-refractivity contribution in [2.75, 3.05) is 26.9 Å². The lowest BCUT2D eigenvalue weighted by atomic mass is 10.0. The van der Waals surface area contributed by atoms with E-state index in [-0.39, 0.29) is 19.8 Å². The van der Waals surface area contributed by atoms with Crippen LogP contribution in [0.2, 0.25) is 0 Å². The van der Waals surface area contributed by atoms with Crippen molar-refractivity contribution in [3.63, 3.8) is 0 Å². The highest BCUT2D eigenvalue weighted by atomic mass is 16.8. The van der Waals surface area contributed by atoms with Crippen LogP contribution < -0.4 is 0 Å². The van der Waals surface area contributed by atoms with E-state index in [0.29, 0.717) is 0 Å². The number of ether oxygens (including phenoxy) is 6. The summed E-state index contributed by atoms with van der Waals surface area (Å²) in [5.74, 6) is 0. The Hall–Kier alpha value is -0.520. The number of rotatable bonds is 5. The van der Waals surface area contributed by atoms with Crippen molar-refractivity contribution in [2.24, 2.45) is 0 Å². The van der Waals surface area contributed by atoms with Gasteiger partial charge in [-0.25, -0.2) is 0 Å². The number of hydrogen-bond donors (Lipinski definition) is 7. The summed E-state index contributed by atoms with van der Waals surface area (Å²) >= 11 is 0. The van der Waals surface area contributed by atoms with Gasteiger partial charge in [0.05, 0.1) is 19.8 Å². The lowest BCUT2D eigenvalue weighted by Gasteiger charge is -2.44. The molecule has 0 radical (unpaired) electrons. The maximum absolute atomic E-state index is 10.4. The van der Waals surface area contributed by atoms with Gasteiger partial charge in [0.25, 0.3) is 0 Å². The van der Waals surface area contributed by atoms with Crippen molar-refractivity contribution in [3.05, 3.63) is 0 Å². The van der Waals surface area contributed by atoms with Crippen LogP contribution in [-0.2, 0) is 28.4 Å². The van der Waals surface area contributed by atoms with E-state index < -0.39 is 73.8 Å². The van der Waals surface area contributed by atoms with E-state index in [9.17, 15) is 35.7 Å². The zero-order chi connectivity index (χ0) is 21.3. The predicted octanol–water partition coefficient (Wildman–Crippen LogP) is -5.00. The molecule has 13 heteroatoms. The van der Waals surface area contributed by atoms with Gasteiger partial charge in [-0.2, -0.15) is 0 Å². The third-order valence-electron chi connectivity index (χ3n) is 5.15. The van der Waals surface area contributed by atoms with E-state index in [0.717, 1.165) is 0 Å². The summed E-state index contributed by atoms with van der Waals surface area (Å²) in [4.78, 5) is 0. The summed E-state index contributed by atoms with van der Waals surface area (Å²) in [5.41, 5.74) is 0. The molecule has 0 bridgehead atoms. The molecule has 0 aromatic heterocycles. The molecule has 12 unspecified atom stereocenters. The van der Waals surface area contributed by atoms with Crippen LogP contribution in [-0.4, -0.2) is 136 Å². The Labute approximate surface area is 165 Å². The lowest BCUT2D eigenvalue weighted by Crippen LogP contribution is -2.62. The number of methoxy groups -OCH3 is 1. The van der Waals surface area contributed by atoms with Gasteiger partial charge in [0.1, 0.15) is 54.9 Å². The quantitative estimate of drug-likeness (QED) is 0.220. The zero-order valence-corrected chi connectivity index (χ0v) is 15.6. The molecule has 13 nitrogen and oxygen atoms in total. The zero-order valence-electron chi connectivity index (χ0n) is 15.6. The van der Waals surface area contributed by atoms with E-state index in [1.165, 1.54) is 7.11 Å². The first kappa shape index (κ1) is 23.1. The smallest absolute Gasteiger partial charge is 0.186 e. The molecule has 3 aliphatic heterocycles. The molecule has 3 aliphatic rings. The highest BCUT2D eigenvalue weighted by Gasteiger charge is 2.48. The second kappa shape index (κ2) is 9.74. The van der Waals surface area contributed by atoms with Crippen molar-refractivity contribution < 1.29 is 64.2 Å². The van der Waals surface area contributed by atoms with E-state index in [4.69, 9.17) is 28.4 Å². The molecule has 29 heavy (non-hydrogen) atoms. The van der Waals surface area contributed by atoms with Crippen LogP contribution in [0, 0.1) is 0 Å². The van der Waals surface area contributed by atoms with Crippen molar-refractivity contribution >= 4 is 0 Å². The van der Waals surface area contributed by atoms with Gasteiger partial charge in [0.15, 0.2) is 18.9 Å². The largest absolute Gasteiger partial charge is 0.388 e. The van der Waals surface area contributed by atoms with Crippen molar-refractivity contribution in [1.29, 1.82) is 0 Å². The number of aliphatic hydroxyl groups excluding tert-OH is 7. The molecular weight excluding hydrogens is 400 g/mol. The first-order chi connectivity index (χ1) is 13.7. The van der Waals surface area contributed by atoms with Crippen LogP contribution in [0.15, 0.2) is 0 Å². The van der Waals surface area contributed by atoms with Crippen LogP contribution in [0.1, 0.15) is 0 Å². The van der Waals surface area contributed by atoms with Gasteiger partial charge in [-0.15, -0.1) is 0 Å². The highest BCUT2D eigenvalue weighted by Crippen LogP contribution is 2.27. The lowest BCUT2D eigenvalue weighted by molar-refractivity contribution is -0.356. The molecule has 0 spiro atoms. The molecule has 7 N–H and O–H groups in total. The molecule has 0 aliphatic carbocycles. The van der Waals surface area contributed by atoms with Gasteiger partial charge in [-0.1, -0.05) is 0 Å². The topological polar surface area (TPSA) is 197 Å². The van der Waals surface area contributed by atoms with Gasteiger partial charge in [-0.3, -0.25) is 0 Å². The van der Waals surface area contributed by atoms with Crippen LogP contribution in [0.3, 0.4) is 0 Å². The molecule has 12 atom stereocenters. The van der Waals surface area contributed by atoms with Gasteiger partial charge in [0, 0.05) is 7.11 Å². The Morgan fingerprint density at radius 1 is 0.586 bits per heavy atom. The molecule has 0 amide bonds. The van der Waals surface area contributed by atoms with Gasteiger partial charge >= 0.3 is 0 Å². The van der Waals surface area contributed by atoms with Crippen molar-refractivity contribution in [3.8, 4) is 0 Å². The summed E-state index contributed by atoms with van der Waals surface area (Å²) in [6.07, 6.45) is -16.3. The standard InChI is InChI=1S/C16H28O13/c1-24-16-13(9(20)6(18)3-26-16)29-15-12(23)10(21)7(4-27-15)28-14-11(22)8(19)5(17)2-25-14/h5-23H,2-4H2,1H3. The van der Waals surface area contributed by atoms with Crippen LogP contribution >= 0.6 is 0 Å². The molecule has 3 fully saturated rings. The SMILES string of the molecule is COC1OCC(O)C(O)C1OC1OCC(OC2OCC(O)C(O)C2O)C(O)C1O. The summed E-state index contributed by atoms with van der Waals surface area (Å²) in [6, 6.07) is 0. The fourth-order valence-electron chi connectivity index (χ4n) is 3.35. The fourth-order valence-corrected chi connectivity index (χ4v) is 3.35. The van der Waals surface area contributed by atoms with Crippen molar-refractivity contribution in [1.82, 2.24) is 0 Å². The number of aliphatic hydroxyl groups is 7. The molecule has 0 aromatic carbocycles. The second-order valence-electron chi connectivity index (χ2n) is 7.20. The predicted molar refractivity (Wildman–Crippen MR) is 88.0 cm³/mol. The first-order valence-electron chi connectivity index (χ1n) is 9.19. The molecule has 0 aromatic rings. The minimum atomic E-state index is -1.63. The van der Waals surface area contributed by atoms with Crippen molar-refractivity contribution in [2.45, 2.75) is 73.8 Å². The third kappa shape index (κ3) is 4.88. The average molecular weight is 428 g/mol. The highest BCUT2D eigenvalue weighted by molar-refractivity contribution is 4.90. The molecular formula is C16H28O13. The molecule has 3 heterocycles. The normalized spacial score (nSPS) is 51.7. The van der Waals surface area contributed by atoms with E-state index in [2.05, 4.69) is 0 Å². The van der Waals surface area contributed by atoms with Crippen LogP contribution in [0.25, 0.3) is 0 Å². The van der Waals surface area contributed by atoms with Gasteiger partial charge in [0.2, 0.25) is 0 Å². The average Bonchev–Trinajstić information content (AvgIpc) is 2.71. The first-order valence-corrected chi connectivity index (χ1v) is 9.19. The fraction of sp³-hybridized carbons (Fsp3) is 1.00. The monoisotopic (exact) mass is 428 g/mol. The Kier molecular flexibility index (Phi) is 7.77. The minimum Gasteiger partial charge on any atom is -0.388 e. The second-order valence-corrected chi connectivity index (χ2v) is 7.20. The molecule has 3 saturated heterocycles. The van der Waals surface area contributed by atoms with E-state index >= 15 is 0 Å². The maximum Gasteiger partial charge on any atom is 0.186 e. The number of hydrogen-bond acceptors (Lipinski definition) is 13. The van der Waals surface area contributed by atoms with Crippen LogP contribution in [0.4, 0.5) is 0 Å². The van der Waals surface area contributed by atoms with Gasteiger partial charge < -0.3 is 64.2 Å². The Balaban J connectivity index is 1.58. The summed E-state index contributed by atoms with van der Waals surface area (Å²) in [6.45, 7) is -0.754. The van der Waals surface area contributed by atoms with Gasteiger partial charge in [-0.05, 0) is 0 Å². The summed E-state index contributed by atoms with van der Waals surface area (Å²) in [5, 5.41) is 69.6. The maximum atomic E-state index is 10.4. The summed E-state index contributed by atoms with van der Waals surface area (Å²) in [7, 11) is 1.31. The van der Waals surface area contributed by atoms with Crippen LogP contribution in [0.5, 0.6) is 0 Å². The Bertz CT molecular complexity index is 521. The molecule has 0 saturated carbocycles. The van der Waals surface area contributed by atoms with E-state index in [1.54, 1.807) is 0 Å². The Morgan fingerprint density at radius 3 is 1.76 bits per heavy atom. The summed E-state index contributed by atoms with van der Waals surface area (Å²) < 4.78 is 31.6. The molecule has 3 rings (SSSR count). The minimum absolute atomic E-state index is 0.170. The third-order valence-corrected chi connectivity index (χ3v) is 5.15. The Morgan fingerprint density at radius 2 is 1.10 bits per heavy atom.